The second-order valence-corrected chi connectivity index (χ2v) is 12.5. The number of hydrogen-bond donors (Lipinski definition) is 1. The lowest BCUT2D eigenvalue weighted by Gasteiger charge is -2.44. The number of carbonyl (C=O) groups is 2. The van der Waals surface area contributed by atoms with Crippen LogP contribution in [-0.2, 0) is 41.0 Å². The highest BCUT2D eigenvalue weighted by Gasteiger charge is 2.42. The van der Waals surface area contributed by atoms with E-state index in [4.69, 9.17) is 9.84 Å². The van der Waals surface area contributed by atoms with Crippen molar-refractivity contribution in [2.75, 3.05) is 16.4 Å². The fourth-order valence-corrected chi connectivity index (χ4v) is 6.34. The highest BCUT2D eigenvalue weighted by molar-refractivity contribution is 5.90. The molecule has 16 heteroatoms. The van der Waals surface area contributed by atoms with Gasteiger partial charge >= 0.3 is 30.6 Å². The van der Waals surface area contributed by atoms with E-state index >= 15 is 0 Å². The number of unbranched alkanes of at least 4 members (excludes halogenated alkanes) is 3. The molecule has 1 N–H and O–H groups in total. The van der Waals surface area contributed by atoms with Crippen molar-refractivity contribution >= 4 is 23.6 Å². The molecule has 0 radical (unpaired) electrons. The lowest BCUT2D eigenvalue weighted by Crippen LogP contribution is -2.48. The van der Waals surface area contributed by atoms with Crippen LogP contribution in [0.2, 0.25) is 0 Å². The van der Waals surface area contributed by atoms with E-state index in [1.165, 1.54) is 22.1 Å². The van der Waals surface area contributed by atoms with Gasteiger partial charge in [-0.1, -0.05) is 25.8 Å². The van der Waals surface area contributed by atoms with E-state index in [9.17, 15) is 49.1 Å². The van der Waals surface area contributed by atoms with Crippen LogP contribution < -0.4 is 9.80 Å². The van der Waals surface area contributed by atoms with Crippen molar-refractivity contribution in [1.29, 1.82) is 0 Å². The lowest BCUT2D eigenvalue weighted by molar-refractivity contribution is -0.143. The van der Waals surface area contributed by atoms with Crippen molar-refractivity contribution in [3.05, 3.63) is 88.1 Å². The fourth-order valence-electron chi connectivity index (χ4n) is 6.34. The molecule has 3 aromatic rings. The topological polar surface area (TPSA) is 83.0 Å². The molecule has 2 atom stereocenters. The Morgan fingerprint density at radius 1 is 0.827 bits per heavy atom. The standard InChI is InChI=1S/C36H38F9N3O4/c1-3-27-19-30(28-18-24(34(37,38)39)12-13-29(28)48(27)33(51)52-4-2)47(21-23-15-25(35(40,41)42)17-26(16-23)36(43,44)45)31-14-11-22(20-46-31)9-7-5-6-8-10-32(49)50/h11-18,20,27,30H,3-10,19,21H2,1-2H3,(H,49,50)/t27-,30+/m1/s1. The quantitative estimate of drug-likeness (QED) is 0.138. The molecule has 0 spiro atoms. The number of aromatic nitrogens is 1. The molecule has 0 fully saturated rings. The van der Waals surface area contributed by atoms with Gasteiger partial charge in [-0.2, -0.15) is 39.5 Å². The smallest absolute Gasteiger partial charge is 0.416 e. The van der Waals surface area contributed by atoms with Crippen molar-refractivity contribution in [2.24, 2.45) is 0 Å². The number of amides is 1. The summed E-state index contributed by atoms with van der Waals surface area (Å²) in [4.78, 5) is 31.0. The number of pyridine rings is 1. The zero-order chi connectivity index (χ0) is 38.4. The Bertz CT molecular complexity index is 1660. The summed E-state index contributed by atoms with van der Waals surface area (Å²) in [5, 5.41) is 8.81. The number of alkyl halides is 9. The number of halogens is 9. The molecule has 1 aromatic heterocycles. The number of aliphatic carboxylic acids is 1. The van der Waals surface area contributed by atoms with E-state index in [2.05, 4.69) is 4.98 Å². The van der Waals surface area contributed by atoms with Crippen LogP contribution in [-0.4, -0.2) is 34.8 Å². The third-order valence-electron chi connectivity index (χ3n) is 8.86. The van der Waals surface area contributed by atoms with Crippen LogP contribution >= 0.6 is 0 Å². The van der Waals surface area contributed by atoms with Gasteiger partial charge in [-0.05, 0) is 98.2 Å². The summed E-state index contributed by atoms with van der Waals surface area (Å²) < 4.78 is 131. The number of ether oxygens (including phenoxy) is 1. The maximum absolute atomic E-state index is 14.1. The number of carboxylic acids is 1. The summed E-state index contributed by atoms with van der Waals surface area (Å²) in [5.41, 5.74) is -3.83. The van der Waals surface area contributed by atoms with Crippen molar-refractivity contribution in [2.45, 2.75) is 102 Å². The van der Waals surface area contributed by atoms with Gasteiger partial charge in [0, 0.05) is 25.2 Å². The summed E-state index contributed by atoms with van der Waals surface area (Å²) >= 11 is 0. The van der Waals surface area contributed by atoms with E-state index in [-0.39, 0.29) is 49.0 Å². The monoisotopic (exact) mass is 747 g/mol. The number of benzene rings is 2. The van der Waals surface area contributed by atoms with E-state index in [1.807, 2.05) is 0 Å². The van der Waals surface area contributed by atoms with Crippen LogP contribution in [0.5, 0.6) is 0 Å². The van der Waals surface area contributed by atoms with Crippen LogP contribution in [0.3, 0.4) is 0 Å². The van der Waals surface area contributed by atoms with Crippen LogP contribution in [0.1, 0.15) is 98.2 Å². The number of carboxylic acid groups (broad SMARTS) is 1. The van der Waals surface area contributed by atoms with Crippen LogP contribution in [0, 0.1) is 0 Å². The van der Waals surface area contributed by atoms with Gasteiger partial charge in [0.15, 0.2) is 0 Å². The Morgan fingerprint density at radius 2 is 1.46 bits per heavy atom. The molecule has 7 nitrogen and oxygen atoms in total. The molecule has 2 heterocycles. The summed E-state index contributed by atoms with van der Waals surface area (Å²) in [7, 11) is 0. The highest BCUT2D eigenvalue weighted by atomic mass is 19.4. The van der Waals surface area contributed by atoms with Crippen molar-refractivity contribution in [3.8, 4) is 0 Å². The van der Waals surface area contributed by atoms with Gasteiger partial charge in [0.25, 0.3) is 0 Å². The average molecular weight is 748 g/mol. The Morgan fingerprint density at radius 3 is 2.00 bits per heavy atom. The molecule has 52 heavy (non-hydrogen) atoms. The number of fused-ring (bicyclic) bond motifs is 1. The molecule has 0 saturated carbocycles. The van der Waals surface area contributed by atoms with E-state index < -0.39 is 71.5 Å². The molecule has 2 aromatic carbocycles. The van der Waals surface area contributed by atoms with Gasteiger partial charge in [0.1, 0.15) is 5.82 Å². The third kappa shape index (κ3) is 10.1. The molecule has 0 unspecified atom stereocenters. The number of aryl methyl sites for hydroxylation is 1. The third-order valence-corrected chi connectivity index (χ3v) is 8.86. The van der Waals surface area contributed by atoms with Crippen molar-refractivity contribution in [1.82, 2.24) is 4.98 Å². The zero-order valence-electron chi connectivity index (χ0n) is 28.3. The molecule has 1 aliphatic rings. The number of hydrogen-bond acceptors (Lipinski definition) is 5. The normalized spacial score (nSPS) is 16.4. The summed E-state index contributed by atoms with van der Waals surface area (Å²) in [6, 6.07) is 5.27. The number of rotatable bonds is 13. The van der Waals surface area contributed by atoms with Crippen molar-refractivity contribution < 1.29 is 58.9 Å². The first kappa shape index (κ1) is 40.3. The van der Waals surface area contributed by atoms with Crippen LogP contribution in [0.15, 0.2) is 54.7 Å². The van der Waals surface area contributed by atoms with E-state index in [1.54, 1.807) is 19.9 Å². The Hall–Kier alpha value is -4.50. The molecule has 1 amide bonds. The van der Waals surface area contributed by atoms with E-state index in [0.717, 1.165) is 30.2 Å². The maximum atomic E-state index is 14.1. The largest absolute Gasteiger partial charge is 0.481 e. The molecular weight excluding hydrogens is 709 g/mol. The lowest BCUT2D eigenvalue weighted by atomic mass is 9.87. The Kier molecular flexibility index (Phi) is 12.7. The predicted octanol–water partition coefficient (Wildman–Crippen LogP) is 10.6. The first-order valence-electron chi connectivity index (χ1n) is 16.7. The maximum Gasteiger partial charge on any atom is 0.416 e. The average Bonchev–Trinajstić information content (AvgIpc) is 3.06. The minimum absolute atomic E-state index is 0.00158. The molecule has 0 aliphatic carbocycles. The first-order chi connectivity index (χ1) is 24.3. The Labute approximate surface area is 294 Å². The molecule has 284 valence electrons. The molecule has 1 aliphatic heterocycles. The van der Waals surface area contributed by atoms with Gasteiger partial charge in [-0.3, -0.25) is 9.69 Å². The van der Waals surface area contributed by atoms with Crippen LogP contribution in [0.4, 0.5) is 55.8 Å². The number of nitrogens with zero attached hydrogens (tertiary/aromatic N) is 3. The zero-order valence-corrected chi connectivity index (χ0v) is 28.3. The van der Waals surface area contributed by atoms with Crippen molar-refractivity contribution in [3.63, 3.8) is 0 Å². The Balaban J connectivity index is 1.84. The van der Waals surface area contributed by atoms with Gasteiger partial charge in [0.2, 0.25) is 0 Å². The fraction of sp³-hybridized carbons (Fsp3) is 0.472. The first-order valence-corrected chi connectivity index (χ1v) is 16.7. The molecule has 4 rings (SSSR count). The van der Waals surface area contributed by atoms with Gasteiger partial charge < -0.3 is 14.7 Å². The SMILES string of the molecule is CCOC(=O)N1c2ccc(C(F)(F)F)cc2[C@@H](N(Cc2cc(C(F)(F)F)cc(C(F)(F)F)c2)c2ccc(CCCCCCC(=O)O)cn2)C[C@H]1CC. The summed E-state index contributed by atoms with van der Waals surface area (Å²) in [5.74, 6) is -0.817. The summed E-state index contributed by atoms with van der Waals surface area (Å²) in [6.07, 6.45) is -11.0. The second kappa shape index (κ2) is 16.4. The summed E-state index contributed by atoms with van der Waals surface area (Å²) in [6.45, 7) is 2.64. The molecule has 0 bridgehead atoms. The minimum Gasteiger partial charge on any atom is -0.481 e. The van der Waals surface area contributed by atoms with Crippen LogP contribution in [0.25, 0.3) is 0 Å². The minimum atomic E-state index is -5.14. The van der Waals surface area contributed by atoms with Gasteiger partial charge in [0.05, 0.1) is 35.0 Å². The van der Waals surface area contributed by atoms with E-state index in [0.29, 0.717) is 37.8 Å². The van der Waals surface area contributed by atoms with Gasteiger partial charge in [-0.15, -0.1) is 0 Å². The molecule has 0 saturated heterocycles. The highest BCUT2D eigenvalue weighted by Crippen LogP contribution is 2.46. The van der Waals surface area contributed by atoms with Gasteiger partial charge in [-0.25, -0.2) is 9.78 Å². The second-order valence-electron chi connectivity index (χ2n) is 12.5. The number of carbonyl (C=O) groups excluding carboxylic acids is 1. The number of anilines is 2. The predicted molar refractivity (Wildman–Crippen MR) is 174 cm³/mol. The molecular formula is C36H38F9N3O4.